The van der Waals surface area contributed by atoms with E-state index in [-0.39, 0.29) is 5.91 Å². The van der Waals surface area contributed by atoms with E-state index in [2.05, 4.69) is 0 Å². The van der Waals surface area contributed by atoms with Gasteiger partial charge in [-0.25, -0.2) is 0 Å². The summed E-state index contributed by atoms with van der Waals surface area (Å²) in [7, 11) is 3.14. The summed E-state index contributed by atoms with van der Waals surface area (Å²) in [4.78, 5) is 14.7. The topological polar surface area (TPSA) is 38.8 Å². The molecule has 0 bridgehead atoms. The minimum atomic E-state index is -0.244. The summed E-state index contributed by atoms with van der Waals surface area (Å²) < 4.78 is 10.9. The van der Waals surface area contributed by atoms with Gasteiger partial charge >= 0.3 is 0 Å². The van der Waals surface area contributed by atoms with Gasteiger partial charge in [0.25, 0.3) is 5.91 Å². The number of thioether (sulfide) groups is 1. The number of anilines is 1. The fraction of sp³-hybridized carbons (Fsp3) is 0.111. The summed E-state index contributed by atoms with van der Waals surface area (Å²) in [6.07, 6.45) is 1.74. The van der Waals surface area contributed by atoms with E-state index < -0.39 is 0 Å². The van der Waals surface area contributed by atoms with Crippen molar-refractivity contribution in [1.82, 2.24) is 0 Å². The molecule has 8 heteroatoms. The first kappa shape index (κ1) is 19.0. The Kier molecular flexibility index (Phi) is 5.77. The summed E-state index contributed by atoms with van der Waals surface area (Å²) in [5.41, 5.74) is 1.27. The minimum absolute atomic E-state index is 0.244. The lowest BCUT2D eigenvalue weighted by molar-refractivity contribution is -0.113. The second-order valence-corrected chi connectivity index (χ2v) is 7.78. The van der Waals surface area contributed by atoms with Crippen LogP contribution < -0.4 is 14.4 Å². The van der Waals surface area contributed by atoms with Gasteiger partial charge < -0.3 is 9.47 Å². The van der Waals surface area contributed by atoms with Crippen molar-refractivity contribution in [3.63, 3.8) is 0 Å². The molecule has 0 atom stereocenters. The maximum atomic E-state index is 12.9. The third-order valence-electron chi connectivity index (χ3n) is 3.62. The van der Waals surface area contributed by atoms with E-state index in [1.807, 2.05) is 12.1 Å². The fourth-order valence-electron chi connectivity index (χ4n) is 2.40. The molecule has 1 aliphatic heterocycles. The van der Waals surface area contributed by atoms with Gasteiger partial charge in [-0.1, -0.05) is 47.2 Å². The van der Waals surface area contributed by atoms with E-state index in [0.717, 1.165) is 5.56 Å². The van der Waals surface area contributed by atoms with Crippen LogP contribution in [-0.2, 0) is 4.79 Å². The zero-order valence-corrected chi connectivity index (χ0v) is 16.9. The zero-order valence-electron chi connectivity index (χ0n) is 13.8. The van der Waals surface area contributed by atoms with Gasteiger partial charge in [0.15, 0.2) is 4.32 Å². The first-order chi connectivity index (χ1) is 12.4. The predicted molar refractivity (Wildman–Crippen MR) is 112 cm³/mol. The van der Waals surface area contributed by atoms with Gasteiger partial charge in [-0.05, 0) is 42.0 Å². The highest BCUT2D eigenvalue weighted by Gasteiger charge is 2.34. The van der Waals surface area contributed by atoms with E-state index in [1.54, 1.807) is 44.6 Å². The summed E-state index contributed by atoms with van der Waals surface area (Å²) in [6.45, 7) is 0. The van der Waals surface area contributed by atoms with E-state index in [4.69, 9.17) is 44.9 Å². The molecule has 1 heterocycles. The molecule has 0 aliphatic carbocycles. The number of rotatable bonds is 4. The number of carbonyl (C=O) groups excluding carboxylic acids is 1. The molecule has 1 amide bonds. The molecule has 0 aromatic heterocycles. The number of nitrogens with zero attached hydrogens (tertiary/aromatic N) is 1. The van der Waals surface area contributed by atoms with Crippen LogP contribution in [0.5, 0.6) is 11.5 Å². The average molecular weight is 426 g/mol. The highest BCUT2D eigenvalue weighted by Crippen LogP contribution is 2.40. The Bertz CT molecular complexity index is 908. The number of hydrogen-bond donors (Lipinski definition) is 0. The predicted octanol–water partition coefficient (Wildman–Crippen LogP) is 5.42. The number of amides is 1. The van der Waals surface area contributed by atoms with Crippen molar-refractivity contribution >= 4 is 69.2 Å². The molecule has 2 aromatic rings. The molecule has 0 radical (unpaired) electrons. The SMILES string of the molecule is COc1cc(/C=C2\SC(=S)N(c3ccc(Cl)cc3Cl)C2=O)cc(OC)c1. The number of carbonyl (C=O) groups is 1. The quantitative estimate of drug-likeness (QED) is 0.483. The third kappa shape index (κ3) is 3.83. The van der Waals surface area contributed by atoms with Crippen LogP contribution in [0.2, 0.25) is 10.0 Å². The smallest absolute Gasteiger partial charge is 0.270 e. The van der Waals surface area contributed by atoms with Crippen molar-refractivity contribution in [2.45, 2.75) is 0 Å². The van der Waals surface area contributed by atoms with Gasteiger partial charge in [-0.2, -0.15) is 0 Å². The molecule has 4 nitrogen and oxygen atoms in total. The average Bonchev–Trinajstić information content (AvgIpc) is 2.88. The van der Waals surface area contributed by atoms with Crippen molar-refractivity contribution < 1.29 is 14.3 Å². The molecule has 0 saturated carbocycles. The van der Waals surface area contributed by atoms with Crippen molar-refractivity contribution in [3.05, 3.63) is 56.9 Å². The molecular formula is C18H13Cl2NO3S2. The minimum Gasteiger partial charge on any atom is -0.497 e. The second kappa shape index (κ2) is 7.88. The highest BCUT2D eigenvalue weighted by molar-refractivity contribution is 8.27. The van der Waals surface area contributed by atoms with Crippen molar-refractivity contribution in [1.29, 1.82) is 0 Å². The van der Waals surface area contributed by atoms with Crippen LogP contribution in [0.3, 0.4) is 0 Å². The lowest BCUT2D eigenvalue weighted by Gasteiger charge is -2.16. The first-order valence-corrected chi connectivity index (χ1v) is 9.37. The van der Waals surface area contributed by atoms with E-state index in [9.17, 15) is 4.79 Å². The van der Waals surface area contributed by atoms with Crippen LogP contribution in [0.15, 0.2) is 41.3 Å². The summed E-state index contributed by atoms with van der Waals surface area (Å²) in [5.74, 6) is 1.02. The molecule has 1 saturated heterocycles. The molecule has 3 rings (SSSR count). The third-order valence-corrected chi connectivity index (χ3v) is 5.46. The summed E-state index contributed by atoms with van der Waals surface area (Å²) in [5, 5.41) is 0.848. The number of halogens is 2. The summed E-state index contributed by atoms with van der Waals surface area (Å²) in [6, 6.07) is 10.3. The van der Waals surface area contributed by atoms with Gasteiger partial charge in [0.1, 0.15) is 11.5 Å². The molecule has 1 fully saturated rings. The fourth-order valence-corrected chi connectivity index (χ4v) is 4.18. The normalized spacial score (nSPS) is 15.7. The monoisotopic (exact) mass is 425 g/mol. The van der Waals surface area contributed by atoms with Crippen molar-refractivity contribution in [2.75, 3.05) is 19.1 Å². The summed E-state index contributed by atoms with van der Waals surface area (Å²) >= 11 is 18.7. The standard InChI is InChI=1S/C18H13Cl2NO3S2/c1-23-12-5-10(6-13(9-12)24-2)7-16-17(22)21(18(25)26-16)15-4-3-11(19)8-14(15)20/h3-9H,1-2H3/b16-7-. The molecule has 26 heavy (non-hydrogen) atoms. The molecule has 134 valence electrons. The Morgan fingerprint density at radius 1 is 1.08 bits per heavy atom. The van der Waals surface area contributed by atoms with Crippen LogP contribution >= 0.6 is 47.2 Å². The number of ether oxygens (including phenoxy) is 2. The van der Waals surface area contributed by atoms with Gasteiger partial charge in [-0.3, -0.25) is 9.69 Å². The van der Waals surface area contributed by atoms with E-state index >= 15 is 0 Å². The molecule has 0 unspecified atom stereocenters. The number of benzene rings is 2. The van der Waals surface area contributed by atoms with Crippen LogP contribution in [0.1, 0.15) is 5.56 Å². The van der Waals surface area contributed by atoms with Crippen molar-refractivity contribution in [3.8, 4) is 11.5 Å². The van der Waals surface area contributed by atoms with Gasteiger partial charge in [-0.15, -0.1) is 0 Å². The van der Waals surface area contributed by atoms with Gasteiger partial charge in [0.05, 0.1) is 29.8 Å². The van der Waals surface area contributed by atoms with E-state index in [0.29, 0.717) is 36.5 Å². The van der Waals surface area contributed by atoms with Crippen LogP contribution in [0.25, 0.3) is 6.08 Å². The Labute approximate surface area is 170 Å². The molecule has 1 aliphatic rings. The molecule has 0 N–H and O–H groups in total. The Balaban J connectivity index is 1.97. The Morgan fingerprint density at radius 2 is 1.73 bits per heavy atom. The first-order valence-electron chi connectivity index (χ1n) is 7.39. The molecular weight excluding hydrogens is 413 g/mol. The maximum Gasteiger partial charge on any atom is 0.270 e. The zero-order chi connectivity index (χ0) is 18.8. The highest BCUT2D eigenvalue weighted by atomic mass is 35.5. The number of hydrogen-bond acceptors (Lipinski definition) is 5. The lowest BCUT2D eigenvalue weighted by atomic mass is 10.1. The lowest BCUT2D eigenvalue weighted by Crippen LogP contribution is -2.27. The molecule has 0 spiro atoms. The van der Waals surface area contributed by atoms with Gasteiger partial charge in [0, 0.05) is 11.1 Å². The van der Waals surface area contributed by atoms with Crippen LogP contribution in [-0.4, -0.2) is 24.4 Å². The largest absolute Gasteiger partial charge is 0.497 e. The Hall–Kier alpha value is -1.73. The van der Waals surface area contributed by atoms with E-state index in [1.165, 1.54) is 16.7 Å². The van der Waals surface area contributed by atoms with Crippen LogP contribution in [0.4, 0.5) is 5.69 Å². The van der Waals surface area contributed by atoms with Crippen LogP contribution in [0, 0.1) is 0 Å². The Morgan fingerprint density at radius 3 is 2.31 bits per heavy atom. The number of thiocarbonyl (C=S) groups is 1. The second-order valence-electron chi connectivity index (χ2n) is 5.26. The molecule has 2 aromatic carbocycles. The number of methoxy groups -OCH3 is 2. The maximum absolute atomic E-state index is 12.9. The van der Waals surface area contributed by atoms with Crippen molar-refractivity contribution in [2.24, 2.45) is 0 Å². The van der Waals surface area contributed by atoms with Gasteiger partial charge in [0.2, 0.25) is 0 Å².